The van der Waals surface area contributed by atoms with E-state index in [4.69, 9.17) is 9.97 Å². The summed E-state index contributed by atoms with van der Waals surface area (Å²) in [7, 11) is 0. The van der Waals surface area contributed by atoms with Crippen LogP contribution in [0.1, 0.15) is 50.4 Å². The van der Waals surface area contributed by atoms with Crippen LogP contribution in [0.4, 0.5) is 0 Å². The quantitative estimate of drug-likeness (QED) is 0.255. The van der Waals surface area contributed by atoms with Crippen molar-refractivity contribution in [3.8, 4) is 0 Å². The maximum absolute atomic E-state index is 5.09. The lowest BCUT2D eigenvalue weighted by atomic mass is 9.69. The largest absolute Gasteiger partial charge is 0.252 e. The topological polar surface area (TPSA) is 25.8 Å². The van der Waals surface area contributed by atoms with Crippen molar-refractivity contribution in [1.82, 2.24) is 9.97 Å². The Hall–Kier alpha value is -1.78. The molecule has 4 heteroatoms. The number of alkyl halides is 2. The lowest BCUT2D eigenvalue weighted by Crippen LogP contribution is -2.29. The SMILES string of the molecule is Br[C@@H]1c2cc3ccccc3nc2[C@@H]2C[C@H]1c1nc3ccccc3cc1[C@@H]2Br. The van der Waals surface area contributed by atoms with E-state index in [0.29, 0.717) is 11.8 Å². The number of halogens is 2. The second-order valence-electron chi connectivity index (χ2n) is 7.56. The van der Waals surface area contributed by atoms with Crippen molar-refractivity contribution in [3.05, 3.63) is 83.2 Å². The second-order valence-corrected chi connectivity index (χ2v) is 9.54. The van der Waals surface area contributed by atoms with E-state index in [0.717, 1.165) is 17.5 Å². The maximum atomic E-state index is 5.09. The summed E-state index contributed by atoms with van der Waals surface area (Å²) >= 11 is 8.04. The highest BCUT2D eigenvalue weighted by Gasteiger charge is 2.45. The number of benzene rings is 2. The number of rotatable bonds is 0. The van der Waals surface area contributed by atoms with Gasteiger partial charge in [-0.3, -0.25) is 9.97 Å². The molecule has 4 atom stereocenters. The van der Waals surface area contributed by atoms with Crippen LogP contribution in [0.15, 0.2) is 60.7 Å². The van der Waals surface area contributed by atoms with E-state index in [2.05, 4.69) is 92.5 Å². The average Bonchev–Trinajstić information content (AvgIpc) is 2.71. The summed E-state index contributed by atoms with van der Waals surface area (Å²) in [6.07, 6.45) is 1.07. The molecule has 2 aliphatic carbocycles. The van der Waals surface area contributed by atoms with Crippen molar-refractivity contribution in [2.45, 2.75) is 27.9 Å². The van der Waals surface area contributed by atoms with Crippen LogP contribution in [0.2, 0.25) is 0 Å². The fraction of sp³-hybridized carbons (Fsp3) is 0.217. The Morgan fingerprint density at radius 3 is 1.59 bits per heavy atom. The molecular weight excluding hydrogens is 464 g/mol. The van der Waals surface area contributed by atoms with Crippen molar-refractivity contribution < 1.29 is 0 Å². The van der Waals surface area contributed by atoms with Gasteiger partial charge in [-0.2, -0.15) is 0 Å². The minimum atomic E-state index is 0.244. The molecule has 6 rings (SSSR count). The highest BCUT2D eigenvalue weighted by atomic mass is 79.9. The van der Waals surface area contributed by atoms with Crippen molar-refractivity contribution in [1.29, 1.82) is 0 Å². The maximum Gasteiger partial charge on any atom is 0.0705 e. The van der Waals surface area contributed by atoms with Crippen molar-refractivity contribution in [2.24, 2.45) is 0 Å². The second kappa shape index (κ2) is 5.86. The molecule has 2 heterocycles. The molecule has 2 nitrogen and oxygen atoms in total. The molecule has 0 unspecified atom stereocenters. The smallest absolute Gasteiger partial charge is 0.0705 e. The van der Waals surface area contributed by atoms with E-state index in [1.54, 1.807) is 0 Å². The Morgan fingerprint density at radius 1 is 0.667 bits per heavy atom. The highest BCUT2D eigenvalue weighted by molar-refractivity contribution is 9.09. The van der Waals surface area contributed by atoms with Crippen LogP contribution in [0.25, 0.3) is 21.8 Å². The van der Waals surface area contributed by atoms with Gasteiger partial charge in [0, 0.05) is 32.3 Å². The van der Waals surface area contributed by atoms with E-state index in [9.17, 15) is 0 Å². The zero-order valence-corrected chi connectivity index (χ0v) is 17.6. The van der Waals surface area contributed by atoms with E-state index in [1.807, 2.05) is 0 Å². The van der Waals surface area contributed by atoms with Gasteiger partial charge in [0.2, 0.25) is 0 Å². The monoisotopic (exact) mass is 478 g/mol. The third kappa shape index (κ3) is 2.29. The molecule has 0 N–H and O–H groups in total. The van der Waals surface area contributed by atoms with Crippen LogP contribution in [0, 0.1) is 0 Å². The van der Waals surface area contributed by atoms with Gasteiger partial charge in [-0.1, -0.05) is 68.3 Å². The molecule has 0 radical (unpaired) electrons. The first-order chi connectivity index (χ1) is 13.2. The van der Waals surface area contributed by atoms with Gasteiger partial charge < -0.3 is 0 Å². The molecule has 0 spiro atoms. The predicted molar refractivity (Wildman–Crippen MR) is 117 cm³/mol. The molecule has 0 saturated heterocycles. The molecule has 0 aliphatic heterocycles. The van der Waals surface area contributed by atoms with Gasteiger partial charge in [0.25, 0.3) is 0 Å². The Balaban J connectivity index is 1.61. The molecule has 0 fully saturated rings. The highest BCUT2D eigenvalue weighted by Crippen LogP contribution is 2.60. The minimum absolute atomic E-state index is 0.244. The number of fused-ring (bicyclic) bond motifs is 8. The minimum Gasteiger partial charge on any atom is -0.252 e. The van der Waals surface area contributed by atoms with Gasteiger partial charge >= 0.3 is 0 Å². The molecule has 2 aromatic carbocycles. The van der Waals surface area contributed by atoms with Gasteiger partial charge in [0.1, 0.15) is 0 Å². The summed E-state index contributed by atoms with van der Waals surface area (Å²) in [4.78, 5) is 10.7. The number of para-hydroxylation sites is 2. The molecule has 0 saturated carbocycles. The molecule has 27 heavy (non-hydrogen) atoms. The summed E-state index contributed by atoms with van der Waals surface area (Å²) in [5.41, 5.74) is 7.26. The van der Waals surface area contributed by atoms with Crippen LogP contribution in [0.5, 0.6) is 0 Å². The standard InChI is InChI=1S/C23H16Br2N2/c24-20-14-9-12-5-1-3-7-18(12)26-22(14)17-11-16(20)23-15(21(17)25)10-13-6-2-4-8-19(13)27-23/h1-10,16-17,20-21H,11H2/t16-,17-,20-,21+/m1/s1. The summed E-state index contributed by atoms with van der Waals surface area (Å²) < 4.78 is 0. The molecule has 0 amide bonds. The third-order valence-electron chi connectivity index (χ3n) is 6.08. The van der Waals surface area contributed by atoms with Crippen LogP contribution in [0.3, 0.4) is 0 Å². The third-order valence-corrected chi connectivity index (χ3v) is 8.34. The summed E-state index contributed by atoms with van der Waals surface area (Å²) in [5, 5.41) is 2.41. The van der Waals surface area contributed by atoms with E-state index in [1.165, 1.54) is 33.3 Å². The average molecular weight is 480 g/mol. The van der Waals surface area contributed by atoms with Gasteiger partial charge in [-0.05, 0) is 41.8 Å². The fourth-order valence-electron chi connectivity index (χ4n) is 4.78. The lowest BCUT2D eigenvalue weighted by Gasteiger charge is -2.42. The zero-order chi connectivity index (χ0) is 18.1. The summed E-state index contributed by atoms with van der Waals surface area (Å²) in [6.45, 7) is 0. The zero-order valence-electron chi connectivity index (χ0n) is 14.4. The molecule has 2 aliphatic rings. The van der Waals surface area contributed by atoms with E-state index < -0.39 is 0 Å². The molecular formula is C23H16Br2N2. The van der Waals surface area contributed by atoms with E-state index in [-0.39, 0.29) is 9.65 Å². The molecule has 132 valence electrons. The first kappa shape index (κ1) is 16.2. The van der Waals surface area contributed by atoms with E-state index >= 15 is 0 Å². The Bertz CT molecular complexity index is 1120. The van der Waals surface area contributed by atoms with Crippen LogP contribution in [-0.2, 0) is 0 Å². The number of hydrogen-bond acceptors (Lipinski definition) is 2. The first-order valence-electron chi connectivity index (χ1n) is 9.28. The van der Waals surface area contributed by atoms with Crippen LogP contribution in [-0.4, -0.2) is 9.97 Å². The Kier molecular flexibility index (Phi) is 3.51. The van der Waals surface area contributed by atoms with Crippen molar-refractivity contribution >= 4 is 53.7 Å². The Labute approximate surface area is 174 Å². The first-order valence-corrected chi connectivity index (χ1v) is 11.1. The number of nitrogens with zero attached hydrogens (tertiary/aromatic N) is 2. The van der Waals surface area contributed by atoms with Gasteiger partial charge in [-0.25, -0.2) is 0 Å². The lowest BCUT2D eigenvalue weighted by molar-refractivity contribution is 0.436. The Morgan fingerprint density at radius 2 is 1.11 bits per heavy atom. The predicted octanol–water partition coefficient (Wildman–Crippen LogP) is 6.94. The van der Waals surface area contributed by atoms with Crippen LogP contribution >= 0.6 is 31.9 Å². The summed E-state index contributed by atoms with van der Waals surface area (Å²) in [5.74, 6) is 0.748. The molecule has 2 bridgehead atoms. The molecule has 4 aromatic rings. The van der Waals surface area contributed by atoms with Gasteiger partial charge in [0.15, 0.2) is 0 Å². The van der Waals surface area contributed by atoms with Crippen molar-refractivity contribution in [2.75, 3.05) is 0 Å². The molecule has 2 aromatic heterocycles. The number of hydrogen-bond donors (Lipinski definition) is 0. The van der Waals surface area contributed by atoms with Gasteiger partial charge in [-0.15, -0.1) is 0 Å². The number of aromatic nitrogens is 2. The van der Waals surface area contributed by atoms with Gasteiger partial charge in [0.05, 0.1) is 22.4 Å². The normalized spacial score (nSPS) is 26.0. The van der Waals surface area contributed by atoms with Crippen LogP contribution < -0.4 is 0 Å². The number of pyridine rings is 2. The van der Waals surface area contributed by atoms with Crippen molar-refractivity contribution in [3.63, 3.8) is 0 Å². The summed E-state index contributed by atoms with van der Waals surface area (Å²) in [6, 6.07) is 21.5. The fourth-order valence-corrected chi connectivity index (χ4v) is 6.44.